The van der Waals surface area contributed by atoms with E-state index in [4.69, 9.17) is 17.0 Å². The van der Waals surface area contributed by atoms with Crippen molar-refractivity contribution in [2.24, 2.45) is 7.05 Å². The summed E-state index contributed by atoms with van der Waals surface area (Å²) in [4.78, 5) is 32.3. The van der Waals surface area contributed by atoms with E-state index < -0.39 is 0 Å². The predicted octanol–water partition coefficient (Wildman–Crippen LogP) is 2.96. The van der Waals surface area contributed by atoms with E-state index in [0.29, 0.717) is 34.3 Å². The minimum Gasteiger partial charge on any atom is -0.485 e. The van der Waals surface area contributed by atoms with E-state index in [2.05, 4.69) is 16.8 Å². The number of carbonyl (C=O) groups is 1. The molecule has 30 heavy (non-hydrogen) atoms. The number of amides is 1. The van der Waals surface area contributed by atoms with Gasteiger partial charge in [-0.2, -0.15) is 0 Å². The van der Waals surface area contributed by atoms with Gasteiger partial charge in [-0.25, -0.2) is 0 Å². The van der Waals surface area contributed by atoms with Crippen LogP contribution >= 0.6 is 12.2 Å². The molecule has 7 nitrogen and oxygen atoms in total. The van der Waals surface area contributed by atoms with Crippen molar-refractivity contribution in [3.05, 3.63) is 63.2 Å². The fourth-order valence-electron chi connectivity index (χ4n) is 3.82. The first-order valence-corrected chi connectivity index (χ1v) is 10.3. The molecule has 0 saturated heterocycles. The smallest absolute Gasteiger partial charge is 0.261 e. The number of anilines is 1. The normalized spacial score (nSPS) is 15.6. The molecule has 1 atom stereocenters. The fourth-order valence-corrected chi connectivity index (χ4v) is 4.01. The third-order valence-corrected chi connectivity index (χ3v) is 5.85. The van der Waals surface area contributed by atoms with E-state index in [0.717, 1.165) is 18.0 Å². The Morgan fingerprint density at radius 2 is 2.07 bits per heavy atom. The third kappa shape index (κ3) is 3.59. The Balaban J connectivity index is 1.55. The van der Waals surface area contributed by atoms with Crippen LogP contribution in [0, 0.1) is 4.77 Å². The van der Waals surface area contributed by atoms with Crippen molar-refractivity contribution in [2.75, 3.05) is 31.6 Å². The molecular weight excluding hydrogens is 400 g/mol. The molecular formula is C22H24N4O3S. The summed E-state index contributed by atoms with van der Waals surface area (Å²) < 4.78 is 7.83. The number of hydrogen-bond acceptors (Lipinski definition) is 5. The van der Waals surface area contributed by atoms with Crippen molar-refractivity contribution in [3.8, 4) is 5.75 Å². The van der Waals surface area contributed by atoms with Crippen LogP contribution in [-0.4, -0.2) is 53.1 Å². The van der Waals surface area contributed by atoms with E-state index in [1.807, 2.05) is 24.3 Å². The number of para-hydroxylation sites is 2. The molecule has 2 heterocycles. The molecule has 4 rings (SSSR count). The van der Waals surface area contributed by atoms with Gasteiger partial charge in [-0.3, -0.25) is 14.2 Å². The summed E-state index contributed by atoms with van der Waals surface area (Å²) in [7, 11) is 3.38. The molecule has 1 aliphatic heterocycles. The lowest BCUT2D eigenvalue weighted by Crippen LogP contribution is -2.46. The summed E-state index contributed by atoms with van der Waals surface area (Å²) >= 11 is 5.18. The van der Waals surface area contributed by atoms with E-state index in [-0.39, 0.29) is 17.6 Å². The summed E-state index contributed by atoms with van der Waals surface area (Å²) in [6, 6.07) is 13.0. The highest BCUT2D eigenvalue weighted by atomic mass is 32.1. The monoisotopic (exact) mass is 424 g/mol. The first kappa shape index (κ1) is 20.2. The highest BCUT2D eigenvalue weighted by Gasteiger charge is 2.27. The average molecular weight is 425 g/mol. The number of ether oxygens (including phenoxy) is 1. The van der Waals surface area contributed by atoms with Crippen LogP contribution in [0.1, 0.15) is 17.3 Å². The van der Waals surface area contributed by atoms with E-state index in [1.54, 1.807) is 37.2 Å². The molecule has 3 aromatic rings. The number of nitrogens with one attached hydrogen (secondary N) is 1. The van der Waals surface area contributed by atoms with Crippen molar-refractivity contribution < 1.29 is 9.53 Å². The second-order valence-electron chi connectivity index (χ2n) is 7.49. The van der Waals surface area contributed by atoms with Gasteiger partial charge in [-0.05, 0) is 49.5 Å². The molecule has 0 fully saturated rings. The number of fused-ring (bicyclic) bond motifs is 2. The van der Waals surface area contributed by atoms with Crippen LogP contribution in [-0.2, 0) is 7.05 Å². The minimum atomic E-state index is -0.185. The second kappa shape index (κ2) is 7.95. The molecule has 156 valence electrons. The number of H-pyrrole nitrogens is 1. The van der Waals surface area contributed by atoms with Crippen LogP contribution in [0.2, 0.25) is 0 Å². The van der Waals surface area contributed by atoms with Crippen molar-refractivity contribution in [1.29, 1.82) is 0 Å². The number of hydrogen-bond donors (Lipinski definition) is 1. The van der Waals surface area contributed by atoms with Gasteiger partial charge in [0.15, 0.2) is 4.77 Å². The molecule has 2 aromatic carbocycles. The lowest BCUT2D eigenvalue weighted by Gasteiger charge is -2.37. The summed E-state index contributed by atoms with van der Waals surface area (Å²) in [6.07, 6.45) is -0.132. The SMILES string of the molecule is CCN1CC(CN(C)C(=O)c2ccc3c(=O)n(C)c(=S)[nH]c3c2)Oc2ccccc21. The maximum atomic E-state index is 13.0. The second-order valence-corrected chi connectivity index (χ2v) is 7.87. The van der Waals surface area contributed by atoms with Crippen molar-refractivity contribution >= 4 is 34.7 Å². The molecule has 0 radical (unpaired) electrons. The van der Waals surface area contributed by atoms with Gasteiger partial charge in [0.1, 0.15) is 11.9 Å². The zero-order valence-corrected chi connectivity index (χ0v) is 18.0. The first-order valence-electron chi connectivity index (χ1n) is 9.88. The van der Waals surface area contributed by atoms with Gasteiger partial charge in [0.25, 0.3) is 11.5 Å². The predicted molar refractivity (Wildman–Crippen MR) is 120 cm³/mol. The van der Waals surface area contributed by atoms with Crippen LogP contribution in [0.3, 0.4) is 0 Å². The molecule has 1 aliphatic rings. The van der Waals surface area contributed by atoms with Crippen LogP contribution in [0.5, 0.6) is 5.75 Å². The molecule has 1 amide bonds. The lowest BCUT2D eigenvalue weighted by molar-refractivity contribution is 0.0709. The number of nitrogens with zero attached hydrogens (tertiary/aromatic N) is 3. The van der Waals surface area contributed by atoms with Crippen LogP contribution in [0.25, 0.3) is 10.9 Å². The van der Waals surface area contributed by atoms with Gasteiger partial charge in [0.2, 0.25) is 0 Å². The molecule has 0 bridgehead atoms. The highest BCUT2D eigenvalue weighted by molar-refractivity contribution is 7.71. The van der Waals surface area contributed by atoms with Gasteiger partial charge in [-0.15, -0.1) is 0 Å². The molecule has 0 spiro atoms. The van der Waals surface area contributed by atoms with Crippen LogP contribution < -0.4 is 15.2 Å². The topological polar surface area (TPSA) is 70.6 Å². The Bertz CT molecular complexity index is 1230. The standard InChI is InChI=1S/C22H24N4O3S/c1-4-26-13-15(29-19-8-6-5-7-18(19)26)12-24(2)20(27)14-9-10-16-17(11-14)23-22(30)25(3)21(16)28/h5-11,15H,4,12-13H2,1-3H3,(H,23,30). The summed E-state index contributed by atoms with van der Waals surface area (Å²) in [5.41, 5.74) is 1.95. The quantitative estimate of drug-likeness (QED) is 0.652. The Hall–Kier alpha value is -3.13. The van der Waals surface area contributed by atoms with Crippen molar-refractivity contribution in [2.45, 2.75) is 13.0 Å². The zero-order valence-electron chi connectivity index (χ0n) is 17.2. The maximum absolute atomic E-state index is 13.0. The van der Waals surface area contributed by atoms with E-state index in [9.17, 15) is 9.59 Å². The third-order valence-electron chi connectivity index (χ3n) is 5.48. The minimum absolute atomic E-state index is 0.132. The number of aromatic nitrogens is 2. The van der Waals surface area contributed by atoms with Crippen molar-refractivity contribution in [3.63, 3.8) is 0 Å². The van der Waals surface area contributed by atoms with Gasteiger partial charge in [-0.1, -0.05) is 12.1 Å². The largest absolute Gasteiger partial charge is 0.485 e. The fraction of sp³-hybridized carbons (Fsp3) is 0.318. The van der Waals surface area contributed by atoms with Gasteiger partial charge in [0, 0.05) is 26.2 Å². The molecule has 1 N–H and O–H groups in total. The number of likely N-dealkylation sites (N-methyl/N-ethyl adjacent to an activating group) is 2. The number of benzene rings is 2. The van der Waals surface area contributed by atoms with Gasteiger partial charge in [0.05, 0.1) is 29.7 Å². The molecule has 0 aliphatic carbocycles. The van der Waals surface area contributed by atoms with Crippen molar-refractivity contribution in [1.82, 2.24) is 14.5 Å². The Kier molecular flexibility index (Phi) is 5.34. The van der Waals surface area contributed by atoms with E-state index in [1.165, 1.54) is 4.57 Å². The Labute approximate surface area is 179 Å². The summed E-state index contributed by atoms with van der Waals surface area (Å²) in [5, 5.41) is 0.496. The van der Waals surface area contributed by atoms with Crippen LogP contribution in [0.15, 0.2) is 47.3 Å². The highest BCUT2D eigenvalue weighted by Crippen LogP contribution is 2.32. The summed E-state index contributed by atoms with van der Waals surface area (Å²) in [5.74, 6) is 0.702. The zero-order chi connectivity index (χ0) is 21.4. The van der Waals surface area contributed by atoms with Gasteiger partial charge >= 0.3 is 0 Å². The number of carbonyl (C=O) groups excluding carboxylic acids is 1. The first-order chi connectivity index (χ1) is 14.4. The number of rotatable bonds is 4. The maximum Gasteiger partial charge on any atom is 0.261 e. The molecule has 1 unspecified atom stereocenters. The molecule has 1 aromatic heterocycles. The van der Waals surface area contributed by atoms with E-state index >= 15 is 0 Å². The number of aromatic amines is 1. The Morgan fingerprint density at radius 1 is 1.30 bits per heavy atom. The average Bonchev–Trinajstić information content (AvgIpc) is 2.76. The Morgan fingerprint density at radius 3 is 2.83 bits per heavy atom. The van der Waals surface area contributed by atoms with Crippen LogP contribution in [0.4, 0.5) is 5.69 Å². The molecule has 8 heteroatoms. The molecule has 0 saturated carbocycles. The lowest BCUT2D eigenvalue weighted by atomic mass is 10.1. The summed E-state index contributed by atoms with van der Waals surface area (Å²) in [6.45, 7) is 4.14. The van der Waals surface area contributed by atoms with Gasteiger partial charge < -0.3 is 19.5 Å².